The van der Waals surface area contributed by atoms with E-state index in [4.69, 9.17) is 9.47 Å². The summed E-state index contributed by atoms with van der Waals surface area (Å²) in [5.74, 6) is 3.52. The summed E-state index contributed by atoms with van der Waals surface area (Å²) in [5.41, 5.74) is 21.1. The van der Waals surface area contributed by atoms with Crippen LogP contribution in [0.25, 0.3) is 64.7 Å². The van der Waals surface area contributed by atoms with Crippen molar-refractivity contribution in [2.45, 2.75) is 10.8 Å². The number of nitrogens with zero attached hydrogens (tertiary/aromatic N) is 1. The Labute approximate surface area is 456 Å². The van der Waals surface area contributed by atoms with Crippen LogP contribution in [-0.4, -0.2) is 0 Å². The summed E-state index contributed by atoms with van der Waals surface area (Å²) in [5, 5.41) is 2.60. The van der Waals surface area contributed by atoms with Gasteiger partial charge in [0, 0.05) is 59.4 Å². The first-order valence-electron chi connectivity index (χ1n) is 26.8. The predicted molar refractivity (Wildman–Crippen MR) is 320 cm³/mol. The van der Waals surface area contributed by atoms with Gasteiger partial charge in [-0.05, 0) is 140 Å². The van der Waals surface area contributed by atoms with Crippen LogP contribution in [0.5, 0.6) is 23.0 Å². The summed E-state index contributed by atoms with van der Waals surface area (Å²) in [6.45, 7) is 0. The summed E-state index contributed by atoms with van der Waals surface area (Å²) in [4.78, 5) is 2.49. The van der Waals surface area contributed by atoms with Gasteiger partial charge in [-0.25, -0.2) is 0 Å². The Morgan fingerprint density at radius 2 is 0.692 bits per heavy atom. The third-order valence-electron chi connectivity index (χ3n) is 17.2. The van der Waals surface area contributed by atoms with E-state index < -0.39 is 10.8 Å². The van der Waals surface area contributed by atoms with Gasteiger partial charge in [0.15, 0.2) is 0 Å². The van der Waals surface area contributed by atoms with Crippen LogP contribution >= 0.6 is 11.3 Å². The van der Waals surface area contributed by atoms with Crippen LogP contribution in [0.2, 0.25) is 0 Å². The van der Waals surface area contributed by atoms with E-state index in [1.165, 1.54) is 75.8 Å². The molecule has 17 rings (SSSR count). The summed E-state index contributed by atoms with van der Waals surface area (Å²) in [6.07, 6.45) is 0. The zero-order chi connectivity index (χ0) is 51.1. The molecule has 2 aliphatic carbocycles. The Morgan fingerprint density at radius 3 is 1.29 bits per heavy atom. The molecule has 4 aliphatic rings. The molecule has 364 valence electrons. The van der Waals surface area contributed by atoms with E-state index in [9.17, 15) is 0 Å². The first-order chi connectivity index (χ1) is 38.7. The second-order valence-electron chi connectivity index (χ2n) is 21.0. The summed E-state index contributed by atoms with van der Waals surface area (Å²) in [6, 6.07) is 101. The molecule has 12 aromatic carbocycles. The molecule has 2 aliphatic heterocycles. The van der Waals surface area contributed by atoms with Crippen molar-refractivity contribution in [2.24, 2.45) is 0 Å². The molecule has 1 aromatic heterocycles. The van der Waals surface area contributed by atoms with Crippen LogP contribution in [0.4, 0.5) is 17.1 Å². The number of thiophene rings is 1. The van der Waals surface area contributed by atoms with Gasteiger partial charge in [0.1, 0.15) is 23.0 Å². The Morgan fingerprint density at radius 1 is 0.269 bits per heavy atom. The highest BCUT2D eigenvalue weighted by Crippen LogP contribution is 2.65. The molecule has 0 bridgehead atoms. The van der Waals surface area contributed by atoms with Gasteiger partial charge in [-0.2, -0.15) is 0 Å². The summed E-state index contributed by atoms with van der Waals surface area (Å²) in [7, 11) is 0. The zero-order valence-corrected chi connectivity index (χ0v) is 43.0. The molecule has 78 heavy (non-hydrogen) atoms. The van der Waals surface area contributed by atoms with Crippen LogP contribution in [0, 0.1) is 0 Å². The number of hydrogen-bond acceptors (Lipinski definition) is 4. The normalized spacial score (nSPS) is 14.1. The first-order valence-corrected chi connectivity index (χ1v) is 27.6. The third-order valence-corrected chi connectivity index (χ3v) is 18.4. The fraction of sp³-hybridized carbons (Fsp3) is 0.0270. The van der Waals surface area contributed by atoms with Gasteiger partial charge < -0.3 is 14.4 Å². The maximum atomic E-state index is 6.78. The number of para-hydroxylation sites is 5. The Hall–Kier alpha value is -9.74. The van der Waals surface area contributed by atoms with E-state index in [-0.39, 0.29) is 0 Å². The van der Waals surface area contributed by atoms with Crippen molar-refractivity contribution in [3.8, 4) is 67.5 Å². The minimum Gasteiger partial charge on any atom is -0.457 e. The first kappa shape index (κ1) is 43.5. The van der Waals surface area contributed by atoms with Gasteiger partial charge >= 0.3 is 0 Å². The fourth-order valence-corrected chi connectivity index (χ4v) is 15.1. The highest BCUT2D eigenvalue weighted by molar-refractivity contribution is 7.25. The molecular formula is C74H45NO2S. The van der Waals surface area contributed by atoms with Crippen molar-refractivity contribution in [1.29, 1.82) is 0 Å². The lowest BCUT2D eigenvalue weighted by atomic mass is 9.66. The lowest BCUT2D eigenvalue weighted by Crippen LogP contribution is -2.32. The molecule has 0 amide bonds. The molecule has 3 nitrogen and oxygen atoms in total. The average Bonchev–Trinajstić information content (AvgIpc) is 3.93. The van der Waals surface area contributed by atoms with Gasteiger partial charge in [0.25, 0.3) is 0 Å². The van der Waals surface area contributed by atoms with Crippen molar-refractivity contribution in [1.82, 2.24) is 0 Å². The Balaban J connectivity index is 0.893. The number of anilines is 3. The second kappa shape index (κ2) is 16.4. The van der Waals surface area contributed by atoms with E-state index in [0.717, 1.165) is 73.4 Å². The molecule has 0 atom stereocenters. The molecule has 0 saturated carbocycles. The second-order valence-corrected chi connectivity index (χ2v) is 22.1. The zero-order valence-electron chi connectivity index (χ0n) is 42.2. The van der Waals surface area contributed by atoms with E-state index >= 15 is 0 Å². The lowest BCUT2D eigenvalue weighted by Gasteiger charge is -2.40. The number of rotatable bonds is 5. The quantitative estimate of drug-likeness (QED) is 0.171. The van der Waals surface area contributed by atoms with Gasteiger partial charge in [0.2, 0.25) is 0 Å². The van der Waals surface area contributed by atoms with Crippen molar-refractivity contribution < 1.29 is 9.47 Å². The van der Waals surface area contributed by atoms with Crippen molar-refractivity contribution in [2.75, 3.05) is 4.90 Å². The largest absolute Gasteiger partial charge is 0.457 e. The minimum absolute atomic E-state index is 0.601. The van der Waals surface area contributed by atoms with Crippen LogP contribution in [0.15, 0.2) is 273 Å². The number of fused-ring (bicyclic) bond motifs is 21. The fourth-order valence-electron chi connectivity index (χ4n) is 14.1. The van der Waals surface area contributed by atoms with E-state index in [0.29, 0.717) is 0 Å². The summed E-state index contributed by atoms with van der Waals surface area (Å²) >= 11 is 1.86. The molecule has 13 aromatic rings. The van der Waals surface area contributed by atoms with Crippen LogP contribution in [0.1, 0.15) is 44.5 Å². The Kier molecular flexibility index (Phi) is 9.14. The number of ether oxygens (including phenoxy) is 2. The van der Waals surface area contributed by atoms with Crippen molar-refractivity contribution >= 4 is 48.6 Å². The topological polar surface area (TPSA) is 21.7 Å². The van der Waals surface area contributed by atoms with E-state index in [2.05, 4.69) is 278 Å². The SMILES string of the molecule is c1ccc2c(c1)Oc1ccccc1C21c2ccccc2-c2ccc(-c3ccccc3N(c3ccc(-c4ccc5sc6ccccc6c5c4)cc3)c3ccc4c(c3)C3(c5ccccc5Oc5ccccc53)c3ccccc3-4)cc21. The molecule has 0 radical (unpaired) electrons. The number of hydrogen-bond donors (Lipinski definition) is 0. The molecule has 0 N–H and O–H groups in total. The molecule has 2 spiro atoms. The molecule has 4 heteroatoms. The van der Waals surface area contributed by atoms with Crippen molar-refractivity contribution in [3.05, 3.63) is 317 Å². The lowest BCUT2D eigenvalue weighted by molar-refractivity contribution is 0.436. The molecular weight excluding hydrogens is 967 g/mol. The Bertz CT molecular complexity index is 4570. The van der Waals surface area contributed by atoms with Gasteiger partial charge in [-0.15, -0.1) is 11.3 Å². The highest BCUT2D eigenvalue weighted by atomic mass is 32.1. The molecule has 0 saturated heterocycles. The predicted octanol–water partition coefficient (Wildman–Crippen LogP) is 19.8. The van der Waals surface area contributed by atoms with Crippen LogP contribution in [0.3, 0.4) is 0 Å². The van der Waals surface area contributed by atoms with Crippen LogP contribution < -0.4 is 14.4 Å². The summed E-state index contributed by atoms with van der Waals surface area (Å²) < 4.78 is 16.1. The standard InChI is InChI=1S/C74H45NO2S/c1-5-21-58-52(18-1)54-40-35-48(44-64(54)73(58)60-23-7-12-28-67(60)76-68-29-13-8-24-61(68)73)51-17-3-11-27-66(51)75(49-37-33-46(34-38-49)47-36-42-72-57(43-47)56-20-4-16-32-71(56)78-72)50-39-41-55-53-19-2-6-22-59(53)74(65(55)45-50)62-25-9-14-30-69(62)77-70-31-15-10-26-63(70)74/h1-45H. The van der Waals surface area contributed by atoms with Gasteiger partial charge in [-0.3, -0.25) is 0 Å². The van der Waals surface area contributed by atoms with Crippen LogP contribution in [-0.2, 0) is 10.8 Å². The monoisotopic (exact) mass is 1010 g/mol. The van der Waals surface area contributed by atoms with E-state index in [1.54, 1.807) is 0 Å². The smallest absolute Gasteiger partial charge is 0.132 e. The van der Waals surface area contributed by atoms with Gasteiger partial charge in [-0.1, -0.05) is 194 Å². The molecule has 0 fully saturated rings. The molecule has 3 heterocycles. The highest BCUT2D eigenvalue weighted by Gasteiger charge is 2.53. The maximum Gasteiger partial charge on any atom is 0.132 e. The number of benzene rings is 12. The average molecular weight is 1010 g/mol. The molecule has 0 unspecified atom stereocenters. The minimum atomic E-state index is -0.632. The third kappa shape index (κ3) is 5.87. The van der Waals surface area contributed by atoms with E-state index in [1.807, 2.05) is 11.3 Å². The van der Waals surface area contributed by atoms with Crippen molar-refractivity contribution in [3.63, 3.8) is 0 Å². The maximum absolute atomic E-state index is 6.78. The van der Waals surface area contributed by atoms with Gasteiger partial charge in [0.05, 0.1) is 16.5 Å².